The molecule has 1 aliphatic heterocycles. The van der Waals surface area contributed by atoms with Crippen LogP contribution in [0.4, 0.5) is 0 Å². The summed E-state index contributed by atoms with van der Waals surface area (Å²) >= 11 is 0. The molecule has 1 aliphatic rings. The Hall–Kier alpha value is -0.610. The van der Waals surface area contributed by atoms with Gasteiger partial charge >= 0.3 is 0 Å². The maximum atomic E-state index is 11.4. The van der Waals surface area contributed by atoms with Crippen LogP contribution in [0.2, 0.25) is 0 Å². The Kier molecular flexibility index (Phi) is 3.69. The van der Waals surface area contributed by atoms with Gasteiger partial charge in [0, 0.05) is 25.6 Å². The van der Waals surface area contributed by atoms with Crippen molar-refractivity contribution < 1.29 is 9.90 Å². The second-order valence-electron chi connectivity index (χ2n) is 3.73. The number of hydrogen-bond donors (Lipinski definition) is 2. The number of aliphatic hydroxyl groups excluding tert-OH is 1. The maximum absolute atomic E-state index is 11.4. The van der Waals surface area contributed by atoms with Crippen molar-refractivity contribution >= 4 is 5.91 Å². The van der Waals surface area contributed by atoms with Crippen LogP contribution in [0, 0.1) is 5.92 Å². The van der Waals surface area contributed by atoms with Gasteiger partial charge < -0.3 is 5.11 Å². The lowest BCUT2D eigenvalue weighted by atomic mass is 10.2. The quantitative estimate of drug-likeness (QED) is 0.656. The van der Waals surface area contributed by atoms with Crippen molar-refractivity contribution in [3.63, 3.8) is 0 Å². The topological polar surface area (TPSA) is 52.6 Å². The zero-order valence-corrected chi connectivity index (χ0v) is 8.29. The molecule has 0 saturated carbocycles. The van der Waals surface area contributed by atoms with Crippen LogP contribution in [-0.2, 0) is 4.79 Å². The number of rotatable bonds is 4. The molecular formula is C9H18N2O2. The number of nitrogens with zero attached hydrogens (tertiary/aromatic N) is 1. The van der Waals surface area contributed by atoms with E-state index in [1.54, 1.807) is 5.01 Å². The van der Waals surface area contributed by atoms with Gasteiger partial charge in [-0.25, -0.2) is 5.43 Å². The number of nitrogens with one attached hydrogen (secondary N) is 1. The van der Waals surface area contributed by atoms with Crippen molar-refractivity contribution in [3.8, 4) is 0 Å². The highest BCUT2D eigenvalue weighted by molar-refractivity contribution is 5.78. The SMILES string of the molecule is CCC1CC(=O)N(CC(C)CO)N1. The van der Waals surface area contributed by atoms with Gasteiger partial charge in [0.1, 0.15) is 0 Å². The minimum atomic E-state index is 0.127. The van der Waals surface area contributed by atoms with Crippen LogP contribution < -0.4 is 5.43 Å². The molecule has 4 nitrogen and oxygen atoms in total. The third-order valence-electron chi connectivity index (χ3n) is 2.36. The average Bonchev–Trinajstić information content (AvgIpc) is 2.47. The minimum Gasteiger partial charge on any atom is -0.396 e. The molecular weight excluding hydrogens is 168 g/mol. The average molecular weight is 186 g/mol. The highest BCUT2D eigenvalue weighted by Gasteiger charge is 2.28. The second kappa shape index (κ2) is 4.58. The van der Waals surface area contributed by atoms with Crippen molar-refractivity contribution in [1.29, 1.82) is 0 Å². The van der Waals surface area contributed by atoms with E-state index < -0.39 is 0 Å². The van der Waals surface area contributed by atoms with Gasteiger partial charge in [0.05, 0.1) is 0 Å². The molecule has 0 bridgehead atoms. The molecule has 1 fully saturated rings. The molecule has 0 aromatic carbocycles. The predicted molar refractivity (Wildman–Crippen MR) is 49.8 cm³/mol. The Morgan fingerprint density at radius 2 is 2.46 bits per heavy atom. The molecule has 0 spiro atoms. The lowest BCUT2D eigenvalue weighted by molar-refractivity contribution is -0.130. The van der Waals surface area contributed by atoms with Gasteiger partial charge in [0.15, 0.2) is 0 Å². The standard InChI is InChI=1S/C9H18N2O2/c1-3-8-4-9(13)11(10-8)5-7(2)6-12/h7-8,10,12H,3-6H2,1-2H3. The number of hydrazine groups is 1. The molecule has 1 saturated heterocycles. The van der Waals surface area contributed by atoms with E-state index in [-0.39, 0.29) is 18.4 Å². The molecule has 2 unspecified atom stereocenters. The van der Waals surface area contributed by atoms with Crippen molar-refractivity contribution in [2.75, 3.05) is 13.2 Å². The summed E-state index contributed by atoms with van der Waals surface area (Å²) in [6.45, 7) is 4.71. The van der Waals surface area contributed by atoms with Gasteiger partial charge in [-0.1, -0.05) is 13.8 Å². The van der Waals surface area contributed by atoms with Crippen LogP contribution >= 0.6 is 0 Å². The Balaban J connectivity index is 2.39. The van der Waals surface area contributed by atoms with Crippen molar-refractivity contribution in [3.05, 3.63) is 0 Å². The van der Waals surface area contributed by atoms with Crippen LogP contribution in [0.1, 0.15) is 26.7 Å². The number of hydrogen-bond acceptors (Lipinski definition) is 3. The number of aliphatic hydroxyl groups is 1. The largest absolute Gasteiger partial charge is 0.396 e. The normalized spacial score (nSPS) is 25.3. The van der Waals surface area contributed by atoms with E-state index in [9.17, 15) is 4.79 Å². The summed E-state index contributed by atoms with van der Waals surface area (Å²) in [4.78, 5) is 11.4. The summed E-state index contributed by atoms with van der Waals surface area (Å²) in [5, 5.41) is 10.5. The summed E-state index contributed by atoms with van der Waals surface area (Å²) in [6, 6.07) is 0.290. The molecule has 1 amide bonds. The zero-order valence-electron chi connectivity index (χ0n) is 8.29. The zero-order chi connectivity index (χ0) is 9.84. The highest BCUT2D eigenvalue weighted by atomic mass is 16.3. The Morgan fingerprint density at radius 3 is 2.92 bits per heavy atom. The fraction of sp³-hybridized carbons (Fsp3) is 0.889. The molecule has 0 aromatic heterocycles. The van der Waals surface area contributed by atoms with E-state index in [4.69, 9.17) is 5.11 Å². The van der Waals surface area contributed by atoms with E-state index in [1.807, 2.05) is 6.92 Å². The molecule has 2 N–H and O–H groups in total. The molecule has 0 aliphatic carbocycles. The molecule has 4 heteroatoms. The smallest absolute Gasteiger partial charge is 0.238 e. The van der Waals surface area contributed by atoms with Gasteiger partial charge in [-0.2, -0.15) is 0 Å². The van der Waals surface area contributed by atoms with Crippen molar-refractivity contribution in [2.24, 2.45) is 5.92 Å². The molecule has 1 heterocycles. The molecule has 76 valence electrons. The van der Waals surface area contributed by atoms with E-state index in [0.717, 1.165) is 6.42 Å². The van der Waals surface area contributed by atoms with Crippen molar-refractivity contribution in [1.82, 2.24) is 10.4 Å². The third-order valence-corrected chi connectivity index (χ3v) is 2.36. The third kappa shape index (κ3) is 2.67. The van der Waals surface area contributed by atoms with Crippen LogP contribution in [0.5, 0.6) is 0 Å². The summed E-state index contributed by atoms with van der Waals surface area (Å²) in [5.41, 5.74) is 3.13. The first-order valence-corrected chi connectivity index (χ1v) is 4.84. The molecule has 0 aromatic rings. The molecule has 13 heavy (non-hydrogen) atoms. The Morgan fingerprint density at radius 1 is 1.77 bits per heavy atom. The highest BCUT2D eigenvalue weighted by Crippen LogP contribution is 2.11. The molecule has 1 rings (SSSR count). The van der Waals surface area contributed by atoms with Gasteiger partial charge in [-0.05, 0) is 12.3 Å². The first-order valence-electron chi connectivity index (χ1n) is 4.84. The van der Waals surface area contributed by atoms with E-state index in [1.165, 1.54) is 0 Å². The van der Waals surface area contributed by atoms with Crippen LogP contribution in [0.3, 0.4) is 0 Å². The van der Waals surface area contributed by atoms with E-state index in [0.29, 0.717) is 19.0 Å². The Labute approximate surface area is 78.9 Å². The van der Waals surface area contributed by atoms with Gasteiger partial charge in [0.2, 0.25) is 5.91 Å². The van der Waals surface area contributed by atoms with E-state index in [2.05, 4.69) is 12.3 Å². The molecule has 2 atom stereocenters. The van der Waals surface area contributed by atoms with Crippen LogP contribution in [0.25, 0.3) is 0 Å². The first kappa shape index (κ1) is 10.5. The second-order valence-corrected chi connectivity index (χ2v) is 3.73. The van der Waals surface area contributed by atoms with Gasteiger partial charge in [0.25, 0.3) is 0 Å². The lowest BCUT2D eigenvalue weighted by Gasteiger charge is -2.20. The van der Waals surface area contributed by atoms with E-state index >= 15 is 0 Å². The number of carbonyl (C=O) groups is 1. The van der Waals surface area contributed by atoms with Crippen LogP contribution in [0.15, 0.2) is 0 Å². The molecule has 0 radical (unpaired) electrons. The summed E-state index contributed by atoms with van der Waals surface area (Å²) in [6.07, 6.45) is 1.56. The maximum Gasteiger partial charge on any atom is 0.238 e. The monoisotopic (exact) mass is 186 g/mol. The van der Waals surface area contributed by atoms with Crippen molar-refractivity contribution in [2.45, 2.75) is 32.7 Å². The summed E-state index contributed by atoms with van der Waals surface area (Å²) in [5.74, 6) is 0.291. The van der Waals surface area contributed by atoms with Gasteiger partial charge in [-0.3, -0.25) is 9.80 Å². The summed E-state index contributed by atoms with van der Waals surface area (Å²) < 4.78 is 0. The fourth-order valence-corrected chi connectivity index (χ4v) is 1.42. The lowest BCUT2D eigenvalue weighted by Crippen LogP contribution is -2.40. The van der Waals surface area contributed by atoms with Gasteiger partial charge in [-0.15, -0.1) is 0 Å². The first-order chi connectivity index (χ1) is 6.17. The predicted octanol–water partition coefficient (Wildman–Crippen LogP) is 0.130. The number of carbonyl (C=O) groups excluding carboxylic acids is 1. The Bertz CT molecular complexity index is 184. The number of amides is 1. The summed E-state index contributed by atoms with van der Waals surface area (Å²) in [7, 11) is 0. The minimum absolute atomic E-state index is 0.127. The fourth-order valence-electron chi connectivity index (χ4n) is 1.42. The van der Waals surface area contributed by atoms with Crippen LogP contribution in [-0.4, -0.2) is 35.2 Å².